The molecular weight excluding hydrogens is 323 g/mol. The number of nitrogens with one attached hydrogen (secondary N) is 2. The van der Waals surface area contributed by atoms with E-state index in [1.54, 1.807) is 0 Å². The summed E-state index contributed by atoms with van der Waals surface area (Å²) in [4.78, 5) is 15.6. The van der Waals surface area contributed by atoms with Crippen molar-refractivity contribution in [3.63, 3.8) is 0 Å². The summed E-state index contributed by atoms with van der Waals surface area (Å²) in [7, 11) is 0. The summed E-state index contributed by atoms with van der Waals surface area (Å²) in [5.41, 5.74) is -0.977. The number of hydrogen-bond acceptors (Lipinski definition) is 3. The van der Waals surface area contributed by atoms with Crippen LogP contribution in [0.25, 0.3) is 5.69 Å². The largest absolute Gasteiger partial charge is 0.418 e. The van der Waals surface area contributed by atoms with Crippen LogP contribution in [0.1, 0.15) is 31.2 Å². The maximum absolute atomic E-state index is 13.3. The molecule has 128 valence electrons. The molecule has 1 saturated carbocycles. The maximum Gasteiger partial charge on any atom is 0.418 e. The minimum atomic E-state index is -4.58. The Labute approximate surface area is 136 Å². The van der Waals surface area contributed by atoms with E-state index in [0.29, 0.717) is 0 Å². The number of nitrogens with zero attached hydrogens (tertiary/aromatic N) is 3. The highest BCUT2D eigenvalue weighted by Crippen LogP contribution is 2.35. The normalized spacial score (nSPS) is 15.5. The average molecular weight is 339 g/mol. The van der Waals surface area contributed by atoms with Gasteiger partial charge >= 0.3 is 12.2 Å². The Morgan fingerprint density at radius 2 is 2.00 bits per heavy atom. The molecule has 2 amide bonds. The van der Waals surface area contributed by atoms with E-state index in [1.807, 2.05) is 0 Å². The molecule has 1 aliphatic carbocycles. The van der Waals surface area contributed by atoms with Gasteiger partial charge in [0.15, 0.2) is 0 Å². The van der Waals surface area contributed by atoms with Gasteiger partial charge < -0.3 is 10.6 Å². The molecule has 1 aromatic heterocycles. The Morgan fingerprint density at radius 1 is 1.25 bits per heavy atom. The number of aromatic nitrogens is 3. The standard InChI is InChI=1S/C15H16F3N5O/c16-15(17,18)12-7-11(5-6-13(12)23-9-19-8-20-23)22-14(24)21-10-3-1-2-4-10/h5-10H,1-4H2,(H2,21,22,24). The molecule has 1 fully saturated rings. The molecule has 6 nitrogen and oxygen atoms in total. The van der Waals surface area contributed by atoms with Crippen LogP contribution in [0.3, 0.4) is 0 Å². The number of carbonyl (C=O) groups is 1. The molecule has 1 aromatic carbocycles. The van der Waals surface area contributed by atoms with E-state index in [1.165, 1.54) is 18.5 Å². The van der Waals surface area contributed by atoms with Crippen molar-refractivity contribution in [2.45, 2.75) is 37.9 Å². The number of rotatable bonds is 3. The van der Waals surface area contributed by atoms with Gasteiger partial charge in [-0.05, 0) is 31.0 Å². The fourth-order valence-electron chi connectivity index (χ4n) is 2.80. The fraction of sp³-hybridized carbons (Fsp3) is 0.400. The summed E-state index contributed by atoms with van der Waals surface area (Å²) in [6, 6.07) is 3.14. The van der Waals surface area contributed by atoms with Crippen molar-refractivity contribution in [2.24, 2.45) is 0 Å². The Balaban J connectivity index is 1.80. The molecule has 0 spiro atoms. The SMILES string of the molecule is O=C(Nc1ccc(-n2cncn2)c(C(F)(F)F)c1)NC1CCCC1. The van der Waals surface area contributed by atoms with Gasteiger partial charge in [-0.25, -0.2) is 14.5 Å². The summed E-state index contributed by atoms with van der Waals surface area (Å²) >= 11 is 0. The zero-order valence-electron chi connectivity index (χ0n) is 12.7. The van der Waals surface area contributed by atoms with E-state index in [-0.39, 0.29) is 17.4 Å². The van der Waals surface area contributed by atoms with Crippen LogP contribution < -0.4 is 10.6 Å². The number of alkyl halides is 3. The molecule has 1 aliphatic rings. The summed E-state index contributed by atoms with van der Waals surface area (Å²) < 4.78 is 40.9. The first-order valence-electron chi connectivity index (χ1n) is 7.57. The summed E-state index contributed by atoms with van der Waals surface area (Å²) in [6.07, 6.45) is 1.65. The third-order valence-electron chi connectivity index (χ3n) is 3.92. The van der Waals surface area contributed by atoms with Crippen molar-refractivity contribution in [3.8, 4) is 5.69 Å². The van der Waals surface area contributed by atoms with Gasteiger partial charge in [-0.2, -0.15) is 18.3 Å². The molecule has 0 aliphatic heterocycles. The van der Waals surface area contributed by atoms with Crippen molar-refractivity contribution in [1.82, 2.24) is 20.1 Å². The van der Waals surface area contributed by atoms with Gasteiger partial charge in [0, 0.05) is 11.7 Å². The van der Waals surface area contributed by atoms with E-state index < -0.39 is 17.8 Å². The molecule has 24 heavy (non-hydrogen) atoms. The quantitative estimate of drug-likeness (QED) is 0.901. The molecule has 0 atom stereocenters. The molecule has 2 aromatic rings. The van der Waals surface area contributed by atoms with E-state index >= 15 is 0 Å². The maximum atomic E-state index is 13.3. The van der Waals surface area contributed by atoms with Gasteiger partial charge in [-0.1, -0.05) is 12.8 Å². The third-order valence-corrected chi connectivity index (χ3v) is 3.92. The molecule has 3 rings (SSSR count). The van der Waals surface area contributed by atoms with Crippen molar-refractivity contribution in [1.29, 1.82) is 0 Å². The first-order chi connectivity index (χ1) is 11.4. The first kappa shape index (κ1) is 16.3. The second-order valence-electron chi connectivity index (χ2n) is 5.65. The fourth-order valence-corrected chi connectivity index (χ4v) is 2.80. The number of benzene rings is 1. The van der Waals surface area contributed by atoms with E-state index in [9.17, 15) is 18.0 Å². The number of urea groups is 1. The van der Waals surface area contributed by atoms with Gasteiger partial charge in [0.1, 0.15) is 12.7 Å². The van der Waals surface area contributed by atoms with Crippen molar-refractivity contribution in [2.75, 3.05) is 5.32 Å². The molecule has 0 radical (unpaired) electrons. The van der Waals surface area contributed by atoms with Crippen LogP contribution in [0.2, 0.25) is 0 Å². The zero-order chi connectivity index (χ0) is 17.2. The minimum Gasteiger partial charge on any atom is -0.335 e. The Bertz CT molecular complexity index is 708. The van der Waals surface area contributed by atoms with Crippen LogP contribution in [0.4, 0.5) is 23.7 Å². The number of amides is 2. The van der Waals surface area contributed by atoms with Crippen LogP contribution >= 0.6 is 0 Å². The van der Waals surface area contributed by atoms with Crippen LogP contribution in [0.15, 0.2) is 30.9 Å². The van der Waals surface area contributed by atoms with Crippen molar-refractivity contribution >= 4 is 11.7 Å². The van der Waals surface area contributed by atoms with Crippen molar-refractivity contribution < 1.29 is 18.0 Å². The molecule has 1 heterocycles. The lowest BCUT2D eigenvalue weighted by molar-refractivity contribution is -0.137. The first-order valence-corrected chi connectivity index (χ1v) is 7.57. The summed E-state index contributed by atoms with van der Waals surface area (Å²) in [5, 5.41) is 8.95. The van der Waals surface area contributed by atoms with Gasteiger partial charge in [-0.15, -0.1) is 0 Å². The predicted molar refractivity (Wildman–Crippen MR) is 80.8 cm³/mol. The van der Waals surface area contributed by atoms with Crippen LogP contribution in [0, 0.1) is 0 Å². The topological polar surface area (TPSA) is 71.8 Å². The monoisotopic (exact) mass is 339 g/mol. The number of hydrogen-bond donors (Lipinski definition) is 2. The molecule has 9 heteroatoms. The predicted octanol–water partition coefficient (Wildman–Crippen LogP) is 3.35. The summed E-state index contributed by atoms with van der Waals surface area (Å²) in [5.74, 6) is 0. The molecule has 0 unspecified atom stereocenters. The van der Waals surface area contributed by atoms with E-state index in [0.717, 1.165) is 42.8 Å². The lowest BCUT2D eigenvalue weighted by Crippen LogP contribution is -2.36. The number of halogens is 3. The van der Waals surface area contributed by atoms with E-state index in [2.05, 4.69) is 20.7 Å². The summed E-state index contributed by atoms with van der Waals surface area (Å²) in [6.45, 7) is 0. The van der Waals surface area contributed by atoms with Crippen LogP contribution in [0.5, 0.6) is 0 Å². The molecule has 0 saturated heterocycles. The number of anilines is 1. The van der Waals surface area contributed by atoms with Crippen molar-refractivity contribution in [3.05, 3.63) is 36.4 Å². The minimum absolute atomic E-state index is 0.0710. The molecule has 0 bridgehead atoms. The van der Waals surface area contributed by atoms with Gasteiger partial charge in [-0.3, -0.25) is 0 Å². The molecule has 2 N–H and O–H groups in total. The highest BCUT2D eigenvalue weighted by molar-refractivity contribution is 5.89. The second-order valence-corrected chi connectivity index (χ2v) is 5.65. The van der Waals surface area contributed by atoms with Gasteiger partial charge in [0.05, 0.1) is 11.3 Å². The van der Waals surface area contributed by atoms with Gasteiger partial charge in [0.2, 0.25) is 0 Å². The van der Waals surface area contributed by atoms with Crippen LogP contribution in [-0.4, -0.2) is 26.8 Å². The third kappa shape index (κ3) is 3.66. The lowest BCUT2D eigenvalue weighted by atomic mass is 10.1. The second kappa shape index (κ2) is 6.50. The lowest BCUT2D eigenvalue weighted by Gasteiger charge is -2.16. The Hall–Kier alpha value is -2.58. The highest BCUT2D eigenvalue weighted by Gasteiger charge is 2.34. The Kier molecular flexibility index (Phi) is 4.41. The smallest absolute Gasteiger partial charge is 0.335 e. The average Bonchev–Trinajstić information content (AvgIpc) is 3.19. The molecular formula is C15H16F3N5O. The highest BCUT2D eigenvalue weighted by atomic mass is 19.4. The number of carbonyl (C=O) groups excluding carboxylic acids is 1. The van der Waals surface area contributed by atoms with Gasteiger partial charge in [0.25, 0.3) is 0 Å². The Morgan fingerprint density at radius 3 is 2.62 bits per heavy atom. The zero-order valence-corrected chi connectivity index (χ0v) is 12.7. The van der Waals surface area contributed by atoms with E-state index in [4.69, 9.17) is 0 Å². The van der Waals surface area contributed by atoms with Crippen LogP contribution in [-0.2, 0) is 6.18 Å².